The molecule has 2 aliphatic heterocycles. The number of nitrogens with one attached hydrogen (secondary N) is 1. The van der Waals surface area contributed by atoms with Crippen molar-refractivity contribution in [2.45, 2.75) is 102 Å². The van der Waals surface area contributed by atoms with Gasteiger partial charge >= 0.3 is 6.09 Å². The van der Waals surface area contributed by atoms with Gasteiger partial charge in [-0.3, -0.25) is 0 Å². The first-order valence-corrected chi connectivity index (χ1v) is 12.3. The number of ether oxygens (including phenoxy) is 1. The summed E-state index contributed by atoms with van der Waals surface area (Å²) >= 11 is -1.15. The van der Waals surface area contributed by atoms with Crippen molar-refractivity contribution in [2.75, 3.05) is 0 Å². The molecule has 0 radical (unpaired) electrons. The number of piperidine rings is 1. The molecule has 5 nitrogen and oxygen atoms in total. The van der Waals surface area contributed by atoms with Gasteiger partial charge < -0.3 is 14.2 Å². The lowest BCUT2D eigenvalue weighted by Crippen LogP contribution is -2.55. The highest BCUT2D eigenvalue weighted by atomic mass is 32.2. The summed E-state index contributed by atoms with van der Waals surface area (Å²) in [7, 11) is 0. The van der Waals surface area contributed by atoms with Crippen LogP contribution in [-0.2, 0) is 22.5 Å². The Labute approximate surface area is 184 Å². The van der Waals surface area contributed by atoms with E-state index in [4.69, 9.17) is 4.74 Å². The Kier molecular flexibility index (Phi) is 5.43. The molecule has 2 unspecified atom stereocenters. The van der Waals surface area contributed by atoms with Crippen LogP contribution in [0.2, 0.25) is 0 Å². The maximum Gasteiger partial charge on any atom is 0.410 e. The van der Waals surface area contributed by atoms with Crippen molar-refractivity contribution in [3.8, 4) is 0 Å². The Morgan fingerprint density at radius 1 is 1.13 bits per heavy atom. The lowest BCUT2D eigenvalue weighted by molar-refractivity contribution is -0.0164. The van der Waals surface area contributed by atoms with Crippen LogP contribution in [-0.4, -0.2) is 38.0 Å². The topological polar surface area (TPSA) is 64.6 Å². The molecule has 0 saturated carbocycles. The van der Waals surface area contributed by atoms with E-state index in [1.807, 2.05) is 46.4 Å². The number of hydrogen-bond acceptors (Lipinski definition) is 4. The number of hydrogen-bond donors (Lipinski definition) is 1. The number of rotatable bonds is 2. The van der Waals surface area contributed by atoms with Gasteiger partial charge in [0.15, 0.2) is 0 Å². The molecule has 4 rings (SSSR count). The summed E-state index contributed by atoms with van der Waals surface area (Å²) in [6, 6.07) is 9.01. The van der Waals surface area contributed by atoms with Crippen LogP contribution in [0.4, 0.5) is 4.79 Å². The van der Waals surface area contributed by atoms with Crippen LogP contribution in [0.1, 0.15) is 84.4 Å². The molecule has 3 aliphatic rings. The fourth-order valence-electron chi connectivity index (χ4n) is 5.64. The van der Waals surface area contributed by atoms with E-state index in [1.165, 1.54) is 11.1 Å². The molecule has 1 spiro atoms. The van der Waals surface area contributed by atoms with Crippen molar-refractivity contribution < 1.29 is 14.1 Å². The molecule has 2 fully saturated rings. The zero-order valence-electron chi connectivity index (χ0n) is 19.2. The minimum Gasteiger partial charge on any atom is -0.598 e. The molecule has 2 heterocycles. The van der Waals surface area contributed by atoms with Gasteiger partial charge in [-0.2, -0.15) is 0 Å². The fourth-order valence-corrected chi connectivity index (χ4v) is 6.58. The van der Waals surface area contributed by atoms with E-state index in [1.54, 1.807) is 0 Å². The molecule has 2 bridgehead atoms. The second kappa shape index (κ2) is 7.42. The first-order valence-electron chi connectivity index (χ1n) is 11.2. The van der Waals surface area contributed by atoms with Gasteiger partial charge in [-0.05, 0) is 84.8 Å². The third-order valence-electron chi connectivity index (χ3n) is 6.81. The number of carbonyl (C=O) groups excluding carboxylic acids is 1. The predicted octanol–water partition coefficient (Wildman–Crippen LogP) is 4.88. The number of nitrogens with zero attached hydrogens (tertiary/aromatic N) is 1. The highest BCUT2D eigenvalue weighted by Crippen LogP contribution is 2.58. The Morgan fingerprint density at radius 3 is 2.30 bits per heavy atom. The van der Waals surface area contributed by atoms with E-state index in [2.05, 4.69) is 29.0 Å². The molecule has 1 aromatic rings. The minimum absolute atomic E-state index is 0.00502. The van der Waals surface area contributed by atoms with Crippen LogP contribution in [0.15, 0.2) is 24.3 Å². The van der Waals surface area contributed by atoms with E-state index in [0.717, 1.165) is 32.1 Å². The molecule has 4 atom stereocenters. The molecule has 1 N–H and O–H groups in total. The molecule has 166 valence electrons. The molecule has 0 aromatic heterocycles. The number of benzene rings is 1. The third kappa shape index (κ3) is 3.98. The SMILES string of the molecule is CC(C)(C)OC(=O)N1C2CCC1CC1(Cc3ccccc3[C@H]1N[S@+]([O-])C(C)(C)C)C2. The molecule has 1 amide bonds. The molecule has 30 heavy (non-hydrogen) atoms. The maximum absolute atomic E-state index is 13.1. The normalized spacial score (nSPS) is 31.7. The molecular formula is C24H36N2O3S. The van der Waals surface area contributed by atoms with Crippen molar-refractivity contribution in [3.63, 3.8) is 0 Å². The number of amides is 1. The number of fused-ring (bicyclic) bond motifs is 3. The van der Waals surface area contributed by atoms with Crippen molar-refractivity contribution in [3.05, 3.63) is 35.4 Å². The first kappa shape index (κ1) is 22.0. The van der Waals surface area contributed by atoms with E-state index < -0.39 is 17.0 Å². The summed E-state index contributed by atoms with van der Waals surface area (Å²) in [4.78, 5) is 14.9. The first-order chi connectivity index (χ1) is 13.9. The highest BCUT2D eigenvalue weighted by molar-refractivity contribution is 7.90. The molecular weight excluding hydrogens is 396 g/mol. The Morgan fingerprint density at radius 2 is 1.73 bits per heavy atom. The van der Waals surface area contributed by atoms with E-state index >= 15 is 0 Å². The van der Waals surface area contributed by atoms with E-state index in [-0.39, 0.29) is 34.4 Å². The van der Waals surface area contributed by atoms with Gasteiger partial charge in [0.25, 0.3) is 0 Å². The summed E-state index contributed by atoms with van der Waals surface area (Å²) < 4.78 is 22.0. The second-order valence-corrected chi connectivity index (χ2v) is 13.3. The van der Waals surface area contributed by atoms with Gasteiger partial charge in [0, 0.05) is 28.9 Å². The van der Waals surface area contributed by atoms with Gasteiger partial charge in [-0.1, -0.05) is 24.3 Å². The van der Waals surface area contributed by atoms with Crippen LogP contribution >= 0.6 is 0 Å². The van der Waals surface area contributed by atoms with Crippen LogP contribution in [0.5, 0.6) is 0 Å². The smallest absolute Gasteiger partial charge is 0.410 e. The Bertz CT molecular complexity index is 799. The molecule has 6 heteroatoms. The average Bonchev–Trinajstić information content (AvgIpc) is 3.05. The maximum atomic E-state index is 13.1. The lowest BCUT2D eigenvalue weighted by atomic mass is 9.70. The Hall–Kier alpha value is -1.24. The minimum atomic E-state index is -1.15. The highest BCUT2D eigenvalue weighted by Gasteiger charge is 2.58. The van der Waals surface area contributed by atoms with Crippen molar-refractivity contribution >= 4 is 17.5 Å². The fraction of sp³-hybridized carbons (Fsp3) is 0.708. The van der Waals surface area contributed by atoms with Gasteiger partial charge in [-0.25, -0.2) is 4.79 Å². The summed E-state index contributed by atoms with van der Waals surface area (Å²) in [6.07, 6.45) is 4.71. The van der Waals surface area contributed by atoms with Crippen molar-refractivity contribution in [2.24, 2.45) is 5.41 Å². The van der Waals surface area contributed by atoms with Crippen LogP contribution in [0.25, 0.3) is 0 Å². The second-order valence-electron chi connectivity index (χ2n) is 11.4. The summed E-state index contributed by atoms with van der Waals surface area (Å²) in [5, 5.41) is 0. The van der Waals surface area contributed by atoms with E-state index in [0.29, 0.717) is 0 Å². The van der Waals surface area contributed by atoms with Crippen LogP contribution in [0, 0.1) is 5.41 Å². The molecule has 2 saturated heterocycles. The summed E-state index contributed by atoms with van der Waals surface area (Å²) in [5.74, 6) is 0. The molecule has 1 aromatic carbocycles. The quantitative estimate of drug-likeness (QED) is 0.676. The van der Waals surface area contributed by atoms with Crippen LogP contribution in [0.3, 0.4) is 0 Å². The van der Waals surface area contributed by atoms with Gasteiger partial charge in [-0.15, -0.1) is 4.72 Å². The third-order valence-corrected chi connectivity index (χ3v) is 8.37. The van der Waals surface area contributed by atoms with Gasteiger partial charge in [0.2, 0.25) is 0 Å². The van der Waals surface area contributed by atoms with Crippen molar-refractivity contribution in [1.29, 1.82) is 0 Å². The average molecular weight is 433 g/mol. The zero-order valence-corrected chi connectivity index (χ0v) is 20.0. The number of carbonyl (C=O) groups is 1. The summed E-state index contributed by atoms with van der Waals surface area (Å²) in [6.45, 7) is 11.8. The van der Waals surface area contributed by atoms with Gasteiger partial charge in [0.1, 0.15) is 10.3 Å². The van der Waals surface area contributed by atoms with Crippen molar-refractivity contribution in [1.82, 2.24) is 9.62 Å². The zero-order chi connectivity index (χ0) is 21.9. The monoisotopic (exact) mass is 432 g/mol. The molecule has 1 aliphatic carbocycles. The Balaban J connectivity index is 1.62. The largest absolute Gasteiger partial charge is 0.598 e. The summed E-state index contributed by atoms with van der Waals surface area (Å²) in [5.41, 5.74) is 2.14. The lowest BCUT2D eigenvalue weighted by Gasteiger charge is -2.48. The predicted molar refractivity (Wildman–Crippen MR) is 120 cm³/mol. The standard InChI is InChI=1S/C24H36N2O3S/c1-22(2,3)29-21(27)26-17-11-12-18(26)15-24(14-17)13-16-9-7-8-10-19(16)20(24)25-30(28)23(4,5)6/h7-10,17-18,20,25H,11-15H2,1-6H3/t17?,18?,20-,24?,30-/m1/s1. The van der Waals surface area contributed by atoms with E-state index in [9.17, 15) is 9.35 Å². The van der Waals surface area contributed by atoms with Crippen LogP contribution < -0.4 is 4.72 Å². The van der Waals surface area contributed by atoms with Gasteiger partial charge in [0.05, 0.1) is 6.04 Å².